The molecule has 1 atom stereocenters. The minimum atomic E-state index is -4.46. The quantitative estimate of drug-likeness (QED) is 0.312. The number of halogens is 3. The van der Waals surface area contributed by atoms with Gasteiger partial charge in [0.2, 0.25) is 11.7 Å². The lowest BCUT2D eigenvalue weighted by atomic mass is 9.89. The van der Waals surface area contributed by atoms with Crippen LogP contribution in [0.25, 0.3) is 11.4 Å². The van der Waals surface area contributed by atoms with E-state index in [0.29, 0.717) is 28.9 Å². The van der Waals surface area contributed by atoms with Crippen LogP contribution >= 0.6 is 0 Å². The van der Waals surface area contributed by atoms with Crippen molar-refractivity contribution < 1.29 is 22.5 Å². The second kappa shape index (κ2) is 9.02. The summed E-state index contributed by atoms with van der Waals surface area (Å²) < 4.78 is 45.6. The number of aryl methyl sites for hydroxylation is 2. The first kappa shape index (κ1) is 22.5. The summed E-state index contributed by atoms with van der Waals surface area (Å²) in [4.78, 5) is 15.4. The van der Waals surface area contributed by atoms with E-state index in [4.69, 9.17) is 4.52 Å². The molecule has 0 aliphatic rings. The van der Waals surface area contributed by atoms with Crippen molar-refractivity contribution in [2.24, 2.45) is 0 Å². The van der Waals surface area contributed by atoms with Crippen molar-refractivity contribution in [2.45, 2.75) is 32.4 Å². The molecular formula is C26H21F3N2O2. The van der Waals surface area contributed by atoms with Crippen molar-refractivity contribution in [1.82, 2.24) is 10.1 Å². The van der Waals surface area contributed by atoms with Crippen LogP contribution in [0.4, 0.5) is 13.2 Å². The summed E-state index contributed by atoms with van der Waals surface area (Å²) in [5.74, 6) is -0.0357. The Morgan fingerprint density at radius 1 is 0.970 bits per heavy atom. The molecule has 168 valence electrons. The molecule has 0 spiro atoms. The number of hydrogen-bond acceptors (Lipinski definition) is 4. The lowest BCUT2D eigenvalue weighted by molar-refractivity contribution is -0.137. The number of hydrogen-bond donors (Lipinski definition) is 0. The molecule has 1 heterocycles. The molecule has 0 N–H and O–H groups in total. The molecule has 33 heavy (non-hydrogen) atoms. The molecule has 0 fully saturated rings. The summed E-state index contributed by atoms with van der Waals surface area (Å²) in [6.45, 7) is 4.00. The molecule has 4 rings (SSSR count). The fourth-order valence-corrected chi connectivity index (χ4v) is 3.65. The number of carbonyl (C=O) groups excluding carboxylic acids is 1. The van der Waals surface area contributed by atoms with Crippen LogP contribution in [0.3, 0.4) is 0 Å². The molecule has 0 saturated carbocycles. The third-order valence-corrected chi connectivity index (χ3v) is 5.67. The van der Waals surface area contributed by atoms with Crippen molar-refractivity contribution >= 4 is 6.29 Å². The molecule has 0 amide bonds. The van der Waals surface area contributed by atoms with E-state index < -0.39 is 17.7 Å². The standard InChI is InChI=1S/C26H21F3N2O2/c1-16-6-7-19(12-17(16)2)13-23(21-4-3-5-22(14-21)26(27,28)29)25-30-24(31-33-25)20-10-8-18(15-32)9-11-20/h3-12,14-15,23H,13H2,1-2H3. The maximum absolute atomic E-state index is 13.4. The Kier molecular flexibility index (Phi) is 6.14. The van der Waals surface area contributed by atoms with Gasteiger partial charge in [0.15, 0.2) is 0 Å². The minimum absolute atomic E-state index is 0.224. The van der Waals surface area contributed by atoms with Gasteiger partial charge in [-0.1, -0.05) is 65.8 Å². The Morgan fingerprint density at radius 2 is 1.73 bits per heavy atom. The van der Waals surface area contributed by atoms with Crippen LogP contribution in [0, 0.1) is 13.8 Å². The Morgan fingerprint density at radius 3 is 2.39 bits per heavy atom. The van der Waals surface area contributed by atoms with Gasteiger partial charge in [0.05, 0.1) is 11.5 Å². The van der Waals surface area contributed by atoms with Crippen molar-refractivity contribution in [3.8, 4) is 11.4 Å². The smallest absolute Gasteiger partial charge is 0.338 e. The zero-order chi connectivity index (χ0) is 23.6. The van der Waals surface area contributed by atoms with Crippen LogP contribution < -0.4 is 0 Å². The molecule has 0 aliphatic heterocycles. The fraction of sp³-hybridized carbons (Fsp3) is 0.192. The Bertz CT molecular complexity index is 1280. The van der Waals surface area contributed by atoms with Gasteiger partial charge in [0, 0.05) is 11.1 Å². The molecule has 4 nitrogen and oxygen atoms in total. The van der Waals surface area contributed by atoms with Gasteiger partial charge in [-0.2, -0.15) is 18.2 Å². The molecule has 3 aromatic carbocycles. The molecule has 1 aromatic heterocycles. The van der Waals surface area contributed by atoms with Crippen molar-refractivity contribution in [2.75, 3.05) is 0 Å². The van der Waals surface area contributed by atoms with Gasteiger partial charge < -0.3 is 4.52 Å². The fourth-order valence-electron chi connectivity index (χ4n) is 3.65. The van der Waals surface area contributed by atoms with Crippen molar-refractivity contribution in [1.29, 1.82) is 0 Å². The van der Waals surface area contributed by atoms with Gasteiger partial charge in [0.25, 0.3) is 0 Å². The summed E-state index contributed by atoms with van der Waals surface area (Å²) in [6.07, 6.45) is -3.33. The van der Waals surface area contributed by atoms with E-state index >= 15 is 0 Å². The zero-order valence-electron chi connectivity index (χ0n) is 18.1. The number of aldehydes is 1. The molecular weight excluding hydrogens is 429 g/mol. The molecule has 7 heteroatoms. The summed E-state index contributed by atoms with van der Waals surface area (Å²) in [5.41, 5.74) is 4.05. The van der Waals surface area contributed by atoms with E-state index in [0.717, 1.165) is 35.1 Å². The molecule has 4 aromatic rings. The summed E-state index contributed by atoms with van der Waals surface area (Å²) >= 11 is 0. The van der Waals surface area contributed by atoms with E-state index in [2.05, 4.69) is 10.1 Å². The second-order valence-electron chi connectivity index (χ2n) is 7.99. The summed E-state index contributed by atoms with van der Waals surface area (Å²) in [6, 6.07) is 17.8. The molecule has 0 saturated heterocycles. The van der Waals surface area contributed by atoms with E-state index in [1.165, 1.54) is 6.07 Å². The number of alkyl halides is 3. The summed E-state index contributed by atoms with van der Waals surface area (Å²) in [5, 5.41) is 4.04. The third kappa shape index (κ3) is 5.03. The highest BCUT2D eigenvalue weighted by Crippen LogP contribution is 2.35. The summed E-state index contributed by atoms with van der Waals surface area (Å²) in [7, 11) is 0. The monoisotopic (exact) mass is 450 g/mol. The van der Waals surface area contributed by atoms with Gasteiger partial charge in [-0.05, 0) is 48.6 Å². The Balaban J connectivity index is 1.75. The van der Waals surface area contributed by atoms with Gasteiger partial charge >= 0.3 is 6.18 Å². The average molecular weight is 450 g/mol. The predicted molar refractivity (Wildman–Crippen MR) is 118 cm³/mol. The van der Waals surface area contributed by atoms with E-state index in [1.54, 1.807) is 30.3 Å². The maximum Gasteiger partial charge on any atom is 0.416 e. The first-order valence-corrected chi connectivity index (χ1v) is 10.4. The number of rotatable bonds is 6. The van der Waals surface area contributed by atoms with Crippen LogP contribution in [-0.2, 0) is 12.6 Å². The predicted octanol–water partition coefficient (Wildman–Crippen LogP) is 6.56. The topological polar surface area (TPSA) is 56.0 Å². The number of benzene rings is 3. The van der Waals surface area contributed by atoms with Gasteiger partial charge in [-0.25, -0.2) is 0 Å². The second-order valence-corrected chi connectivity index (χ2v) is 7.99. The highest BCUT2D eigenvalue weighted by atomic mass is 19.4. The van der Waals surface area contributed by atoms with Crippen LogP contribution in [0.5, 0.6) is 0 Å². The first-order valence-electron chi connectivity index (χ1n) is 10.4. The number of carbonyl (C=O) groups is 1. The largest absolute Gasteiger partial charge is 0.416 e. The average Bonchev–Trinajstić information content (AvgIpc) is 3.29. The highest BCUT2D eigenvalue weighted by Gasteiger charge is 2.32. The lowest BCUT2D eigenvalue weighted by Crippen LogP contribution is -2.10. The van der Waals surface area contributed by atoms with E-state index in [1.807, 2.05) is 32.0 Å². The molecule has 1 unspecified atom stereocenters. The minimum Gasteiger partial charge on any atom is -0.338 e. The van der Waals surface area contributed by atoms with Gasteiger partial charge in [-0.15, -0.1) is 0 Å². The van der Waals surface area contributed by atoms with Gasteiger partial charge in [0.1, 0.15) is 6.29 Å². The Labute approximate surface area is 189 Å². The van der Waals surface area contributed by atoms with E-state index in [-0.39, 0.29) is 5.89 Å². The van der Waals surface area contributed by atoms with Crippen LogP contribution in [-0.4, -0.2) is 16.4 Å². The van der Waals surface area contributed by atoms with Crippen LogP contribution in [0.15, 0.2) is 71.3 Å². The normalized spacial score (nSPS) is 12.5. The molecule has 0 radical (unpaired) electrons. The van der Waals surface area contributed by atoms with Crippen molar-refractivity contribution in [3.63, 3.8) is 0 Å². The maximum atomic E-state index is 13.4. The molecule has 0 aliphatic carbocycles. The first-order chi connectivity index (χ1) is 15.7. The van der Waals surface area contributed by atoms with Crippen LogP contribution in [0.2, 0.25) is 0 Å². The lowest BCUT2D eigenvalue weighted by Gasteiger charge is -2.16. The number of aromatic nitrogens is 2. The van der Waals surface area contributed by atoms with Crippen LogP contribution in [0.1, 0.15) is 50.0 Å². The Hall–Kier alpha value is -3.74. The van der Waals surface area contributed by atoms with Gasteiger partial charge in [-0.3, -0.25) is 4.79 Å². The SMILES string of the molecule is Cc1ccc(CC(c2cccc(C(F)(F)F)c2)c2nc(-c3ccc(C=O)cc3)no2)cc1C. The molecule has 0 bridgehead atoms. The highest BCUT2D eigenvalue weighted by molar-refractivity contribution is 5.76. The number of nitrogens with zero attached hydrogens (tertiary/aromatic N) is 2. The van der Waals surface area contributed by atoms with Crippen molar-refractivity contribution in [3.05, 3.63) is 106 Å². The zero-order valence-corrected chi connectivity index (χ0v) is 18.1. The van der Waals surface area contributed by atoms with E-state index in [9.17, 15) is 18.0 Å². The third-order valence-electron chi connectivity index (χ3n) is 5.67.